The molecule has 2 aromatic carbocycles. The summed E-state index contributed by atoms with van der Waals surface area (Å²) in [7, 11) is 0. The highest BCUT2D eigenvalue weighted by molar-refractivity contribution is 9.10. The van der Waals surface area contributed by atoms with Crippen molar-refractivity contribution in [2.24, 2.45) is 0 Å². The first-order chi connectivity index (χ1) is 12.6. The average molecular weight is 430 g/mol. The molecule has 0 atom stereocenters. The van der Waals surface area contributed by atoms with Gasteiger partial charge in [0.1, 0.15) is 12.4 Å². The Bertz CT molecular complexity index is 894. The Morgan fingerprint density at radius 1 is 1.15 bits per heavy atom. The van der Waals surface area contributed by atoms with E-state index in [2.05, 4.69) is 22.5 Å². The highest BCUT2D eigenvalue weighted by Gasteiger charge is 2.35. The van der Waals surface area contributed by atoms with Crippen LogP contribution in [0.4, 0.5) is 4.79 Å². The van der Waals surface area contributed by atoms with Crippen molar-refractivity contribution in [2.75, 3.05) is 6.61 Å². The fourth-order valence-corrected chi connectivity index (χ4v) is 3.68. The maximum absolute atomic E-state index is 12.6. The quantitative estimate of drug-likeness (QED) is 0.464. The normalized spacial score (nSPS) is 15.6. The molecular formula is C20H16BrNO3S. The number of imide groups is 1. The SMILES string of the molecule is C=CCOc1cccc(/C=C2/SC(=O)N(Cc3ccccc3Br)C2=O)c1. The van der Waals surface area contributed by atoms with Crippen molar-refractivity contribution in [1.29, 1.82) is 0 Å². The highest BCUT2D eigenvalue weighted by Crippen LogP contribution is 2.34. The van der Waals surface area contributed by atoms with Gasteiger partial charge < -0.3 is 4.74 Å². The van der Waals surface area contributed by atoms with Crippen LogP contribution in [0.15, 0.2) is 70.6 Å². The Hall–Kier alpha value is -2.31. The molecule has 0 N–H and O–H groups in total. The Balaban J connectivity index is 1.79. The fourth-order valence-electron chi connectivity index (χ4n) is 2.43. The van der Waals surface area contributed by atoms with Crippen LogP contribution < -0.4 is 4.74 Å². The van der Waals surface area contributed by atoms with Gasteiger partial charge in [-0.2, -0.15) is 0 Å². The van der Waals surface area contributed by atoms with Crippen molar-refractivity contribution >= 4 is 44.9 Å². The number of nitrogens with zero attached hydrogens (tertiary/aromatic N) is 1. The van der Waals surface area contributed by atoms with Gasteiger partial charge in [0.25, 0.3) is 11.1 Å². The molecule has 0 radical (unpaired) electrons. The molecule has 0 bridgehead atoms. The van der Waals surface area contributed by atoms with Crippen molar-refractivity contribution in [2.45, 2.75) is 6.54 Å². The average Bonchev–Trinajstić information content (AvgIpc) is 2.89. The number of amides is 2. The molecule has 26 heavy (non-hydrogen) atoms. The summed E-state index contributed by atoms with van der Waals surface area (Å²) in [6.45, 7) is 4.27. The lowest BCUT2D eigenvalue weighted by Gasteiger charge is -2.13. The summed E-state index contributed by atoms with van der Waals surface area (Å²) in [5, 5.41) is -0.268. The van der Waals surface area contributed by atoms with Crippen LogP contribution in [-0.2, 0) is 11.3 Å². The summed E-state index contributed by atoms with van der Waals surface area (Å²) in [5.41, 5.74) is 1.69. The third kappa shape index (κ3) is 4.26. The molecular weight excluding hydrogens is 414 g/mol. The summed E-state index contributed by atoms with van der Waals surface area (Å²) in [5.74, 6) is 0.402. The van der Waals surface area contributed by atoms with Crippen LogP contribution in [0, 0.1) is 0 Å². The molecule has 2 aromatic rings. The number of halogens is 1. The number of thioether (sulfide) groups is 1. The minimum atomic E-state index is -0.284. The van der Waals surface area contributed by atoms with Crippen molar-refractivity contribution in [3.05, 3.63) is 81.7 Å². The van der Waals surface area contributed by atoms with Gasteiger partial charge in [-0.15, -0.1) is 0 Å². The van der Waals surface area contributed by atoms with Crippen LogP contribution in [0.3, 0.4) is 0 Å². The van der Waals surface area contributed by atoms with Gasteiger partial charge in [-0.05, 0) is 47.2 Å². The summed E-state index contributed by atoms with van der Waals surface area (Å²) >= 11 is 4.40. The van der Waals surface area contributed by atoms with E-state index in [1.54, 1.807) is 12.2 Å². The van der Waals surface area contributed by atoms with E-state index in [0.717, 1.165) is 27.4 Å². The molecule has 1 aliphatic rings. The standard InChI is InChI=1S/C20H16BrNO3S/c1-2-10-25-16-8-5-6-14(11-16)12-18-19(23)22(20(24)26-18)13-15-7-3-4-9-17(15)21/h2-9,11-12H,1,10,13H2/b18-12+. The molecule has 1 fully saturated rings. The maximum Gasteiger partial charge on any atom is 0.293 e. The van der Waals surface area contributed by atoms with Gasteiger partial charge in [0.2, 0.25) is 0 Å². The van der Waals surface area contributed by atoms with Crippen LogP contribution in [0.25, 0.3) is 6.08 Å². The predicted octanol–water partition coefficient (Wildman–Crippen LogP) is 5.25. The second kappa shape index (κ2) is 8.38. The molecule has 0 aliphatic carbocycles. The zero-order valence-electron chi connectivity index (χ0n) is 13.9. The van der Waals surface area contributed by atoms with Crippen LogP contribution in [-0.4, -0.2) is 22.7 Å². The molecule has 4 nitrogen and oxygen atoms in total. The molecule has 1 saturated heterocycles. The van der Waals surface area contributed by atoms with E-state index >= 15 is 0 Å². The van der Waals surface area contributed by atoms with E-state index in [1.165, 1.54) is 4.90 Å². The van der Waals surface area contributed by atoms with Crippen molar-refractivity contribution in [1.82, 2.24) is 4.90 Å². The monoisotopic (exact) mass is 429 g/mol. The number of benzene rings is 2. The largest absolute Gasteiger partial charge is 0.490 e. The molecule has 6 heteroatoms. The van der Waals surface area contributed by atoms with E-state index in [4.69, 9.17) is 4.74 Å². The first-order valence-electron chi connectivity index (χ1n) is 7.91. The summed E-state index contributed by atoms with van der Waals surface area (Å²) in [6, 6.07) is 14.9. The first-order valence-corrected chi connectivity index (χ1v) is 9.52. The minimum absolute atomic E-state index is 0.242. The predicted molar refractivity (Wildman–Crippen MR) is 108 cm³/mol. The summed E-state index contributed by atoms with van der Waals surface area (Å²) in [4.78, 5) is 26.6. The van der Waals surface area contributed by atoms with E-state index in [0.29, 0.717) is 17.3 Å². The van der Waals surface area contributed by atoms with Crippen LogP contribution in [0.2, 0.25) is 0 Å². The third-order valence-electron chi connectivity index (χ3n) is 3.68. The van der Waals surface area contributed by atoms with Crippen molar-refractivity contribution in [3.63, 3.8) is 0 Å². The zero-order valence-corrected chi connectivity index (χ0v) is 16.3. The number of rotatable bonds is 6. The molecule has 0 unspecified atom stereocenters. The molecule has 0 spiro atoms. The third-order valence-corrected chi connectivity index (χ3v) is 5.36. The van der Waals surface area contributed by atoms with Gasteiger partial charge in [-0.1, -0.05) is 58.9 Å². The number of carbonyl (C=O) groups is 2. The minimum Gasteiger partial charge on any atom is -0.490 e. The molecule has 1 heterocycles. The molecule has 132 valence electrons. The van der Waals surface area contributed by atoms with Crippen LogP contribution >= 0.6 is 27.7 Å². The Morgan fingerprint density at radius 3 is 2.73 bits per heavy atom. The lowest BCUT2D eigenvalue weighted by atomic mass is 10.2. The zero-order chi connectivity index (χ0) is 18.5. The topological polar surface area (TPSA) is 46.6 Å². The second-order valence-electron chi connectivity index (χ2n) is 5.53. The number of hydrogen-bond donors (Lipinski definition) is 0. The van der Waals surface area contributed by atoms with Gasteiger partial charge in [-0.3, -0.25) is 14.5 Å². The van der Waals surface area contributed by atoms with Gasteiger partial charge in [0, 0.05) is 4.47 Å². The van der Waals surface area contributed by atoms with Gasteiger partial charge >= 0.3 is 0 Å². The van der Waals surface area contributed by atoms with Gasteiger partial charge in [0.05, 0.1) is 11.4 Å². The van der Waals surface area contributed by atoms with Crippen molar-refractivity contribution in [3.8, 4) is 5.75 Å². The molecule has 0 aromatic heterocycles. The Labute approximate surface area is 164 Å². The van der Waals surface area contributed by atoms with E-state index < -0.39 is 0 Å². The number of carbonyl (C=O) groups excluding carboxylic acids is 2. The Kier molecular flexibility index (Phi) is 5.96. The fraction of sp³-hybridized carbons (Fsp3) is 0.100. The highest BCUT2D eigenvalue weighted by atomic mass is 79.9. The van der Waals surface area contributed by atoms with Gasteiger partial charge in [-0.25, -0.2) is 0 Å². The lowest BCUT2D eigenvalue weighted by Crippen LogP contribution is -2.27. The number of hydrogen-bond acceptors (Lipinski definition) is 4. The summed E-state index contributed by atoms with van der Waals surface area (Å²) in [6.07, 6.45) is 3.38. The van der Waals surface area contributed by atoms with E-state index in [9.17, 15) is 9.59 Å². The smallest absolute Gasteiger partial charge is 0.293 e. The summed E-state index contributed by atoms with van der Waals surface area (Å²) < 4.78 is 6.37. The molecule has 2 amide bonds. The van der Waals surface area contributed by atoms with Crippen molar-refractivity contribution < 1.29 is 14.3 Å². The van der Waals surface area contributed by atoms with Gasteiger partial charge in [0.15, 0.2) is 0 Å². The van der Waals surface area contributed by atoms with Crippen LogP contribution in [0.5, 0.6) is 5.75 Å². The maximum atomic E-state index is 12.6. The second-order valence-corrected chi connectivity index (χ2v) is 7.38. The lowest BCUT2D eigenvalue weighted by molar-refractivity contribution is -0.123. The molecule has 3 rings (SSSR count). The Morgan fingerprint density at radius 2 is 1.96 bits per heavy atom. The first kappa shape index (κ1) is 18.5. The molecule has 0 saturated carbocycles. The van der Waals surface area contributed by atoms with E-state index in [1.807, 2.05) is 48.5 Å². The number of ether oxygens (including phenoxy) is 1. The molecule has 1 aliphatic heterocycles. The van der Waals surface area contributed by atoms with E-state index in [-0.39, 0.29) is 17.7 Å². The van der Waals surface area contributed by atoms with Crippen LogP contribution in [0.1, 0.15) is 11.1 Å².